The van der Waals surface area contributed by atoms with E-state index in [9.17, 15) is 0 Å². The smallest absolute Gasteiger partial charge is 0.0751 e. The third-order valence-corrected chi connectivity index (χ3v) is 4.08. The first kappa shape index (κ1) is 15.4. The normalized spacial score (nSPS) is 11.0. The van der Waals surface area contributed by atoms with E-state index >= 15 is 0 Å². The number of fused-ring (bicyclic) bond motifs is 2. The van der Waals surface area contributed by atoms with Gasteiger partial charge in [0.05, 0.1) is 16.7 Å². The molecule has 0 aliphatic rings. The van der Waals surface area contributed by atoms with Crippen LogP contribution in [0.1, 0.15) is 0 Å². The highest BCUT2D eigenvalue weighted by molar-refractivity contribution is 6.08. The first-order chi connectivity index (χ1) is 11.0. The standard InChI is InChI=1S/C19H23N4/c1-6-20-19-15-9-7-13(22(2)3)11-17(15)21-18-12-14(23(4)5)8-10-16(18)19/h7-12H,1,6H2,2-5H3,(H,20,21). The predicted octanol–water partition coefficient (Wildman–Crippen LogP) is 3.77. The van der Waals surface area contributed by atoms with Gasteiger partial charge in [-0.25, -0.2) is 4.98 Å². The van der Waals surface area contributed by atoms with Crippen molar-refractivity contribution >= 4 is 38.9 Å². The summed E-state index contributed by atoms with van der Waals surface area (Å²) in [6.07, 6.45) is 0. The van der Waals surface area contributed by atoms with Crippen LogP contribution < -0.4 is 15.1 Å². The van der Waals surface area contributed by atoms with Crippen LogP contribution in [-0.4, -0.2) is 39.7 Å². The molecule has 0 saturated carbocycles. The highest BCUT2D eigenvalue weighted by Crippen LogP contribution is 2.34. The maximum Gasteiger partial charge on any atom is 0.0751 e. The molecule has 0 atom stereocenters. The van der Waals surface area contributed by atoms with Crippen LogP contribution in [0, 0.1) is 6.92 Å². The largest absolute Gasteiger partial charge is 0.384 e. The maximum atomic E-state index is 4.89. The van der Waals surface area contributed by atoms with Crippen molar-refractivity contribution < 1.29 is 0 Å². The Kier molecular flexibility index (Phi) is 3.99. The molecule has 1 radical (unpaired) electrons. The van der Waals surface area contributed by atoms with Gasteiger partial charge in [-0.05, 0) is 43.3 Å². The van der Waals surface area contributed by atoms with Crippen molar-refractivity contribution in [2.75, 3.05) is 49.9 Å². The van der Waals surface area contributed by atoms with E-state index in [-0.39, 0.29) is 0 Å². The Balaban J connectivity index is 2.33. The minimum atomic E-state index is 0.638. The zero-order chi connectivity index (χ0) is 16.6. The zero-order valence-corrected chi connectivity index (χ0v) is 14.2. The highest BCUT2D eigenvalue weighted by Gasteiger charge is 2.11. The van der Waals surface area contributed by atoms with Gasteiger partial charge in [-0.15, -0.1) is 0 Å². The lowest BCUT2D eigenvalue weighted by Gasteiger charge is -2.17. The van der Waals surface area contributed by atoms with Gasteiger partial charge in [0.1, 0.15) is 0 Å². The molecule has 0 saturated heterocycles. The van der Waals surface area contributed by atoms with Crippen LogP contribution in [0.5, 0.6) is 0 Å². The molecule has 0 spiro atoms. The number of anilines is 3. The highest BCUT2D eigenvalue weighted by atomic mass is 15.1. The summed E-state index contributed by atoms with van der Waals surface area (Å²) >= 11 is 0. The summed E-state index contributed by atoms with van der Waals surface area (Å²) in [6, 6.07) is 12.8. The molecule has 1 heterocycles. The lowest BCUT2D eigenvalue weighted by molar-refractivity contribution is 1.13. The Labute approximate surface area is 137 Å². The van der Waals surface area contributed by atoms with Gasteiger partial charge in [0.15, 0.2) is 0 Å². The van der Waals surface area contributed by atoms with E-state index < -0.39 is 0 Å². The van der Waals surface area contributed by atoms with Gasteiger partial charge in [0, 0.05) is 56.9 Å². The average molecular weight is 307 g/mol. The third-order valence-electron chi connectivity index (χ3n) is 4.08. The molecule has 0 bridgehead atoms. The van der Waals surface area contributed by atoms with E-state index in [1.165, 1.54) is 0 Å². The molecule has 0 fully saturated rings. The number of rotatable bonds is 4. The molecule has 3 rings (SSSR count). The fourth-order valence-corrected chi connectivity index (χ4v) is 2.79. The first-order valence-corrected chi connectivity index (χ1v) is 7.76. The molecule has 0 amide bonds. The van der Waals surface area contributed by atoms with Gasteiger partial charge in [0.2, 0.25) is 0 Å². The Bertz CT molecular complexity index is 787. The van der Waals surface area contributed by atoms with Crippen LogP contribution in [0.25, 0.3) is 21.8 Å². The maximum absolute atomic E-state index is 4.89. The van der Waals surface area contributed by atoms with E-state index in [1.807, 2.05) is 28.2 Å². The number of hydrogen-bond acceptors (Lipinski definition) is 4. The van der Waals surface area contributed by atoms with Crippen LogP contribution in [0.4, 0.5) is 17.1 Å². The van der Waals surface area contributed by atoms with Crippen molar-refractivity contribution in [3.63, 3.8) is 0 Å². The van der Waals surface area contributed by atoms with Gasteiger partial charge < -0.3 is 15.1 Å². The van der Waals surface area contributed by atoms with Gasteiger partial charge >= 0.3 is 0 Å². The van der Waals surface area contributed by atoms with Gasteiger partial charge in [-0.3, -0.25) is 0 Å². The van der Waals surface area contributed by atoms with Crippen LogP contribution >= 0.6 is 0 Å². The molecular formula is C19H23N4. The third kappa shape index (κ3) is 2.77. The Hall–Kier alpha value is -2.49. The number of nitrogens with one attached hydrogen (secondary N) is 1. The molecule has 0 unspecified atom stereocenters. The lowest BCUT2D eigenvalue weighted by Crippen LogP contribution is -2.09. The van der Waals surface area contributed by atoms with Crippen LogP contribution in [0.15, 0.2) is 36.4 Å². The minimum absolute atomic E-state index is 0.638. The summed E-state index contributed by atoms with van der Waals surface area (Å²) in [5, 5.41) is 5.67. The predicted molar refractivity (Wildman–Crippen MR) is 102 cm³/mol. The molecular weight excluding hydrogens is 284 g/mol. The number of aromatic nitrogens is 1. The molecule has 0 aliphatic heterocycles. The summed E-state index contributed by atoms with van der Waals surface area (Å²) in [7, 11) is 8.17. The second kappa shape index (κ2) is 5.95. The summed E-state index contributed by atoms with van der Waals surface area (Å²) in [6.45, 7) is 4.58. The number of hydrogen-bond donors (Lipinski definition) is 1. The summed E-state index contributed by atoms with van der Waals surface area (Å²) in [5.74, 6) is 0. The second-order valence-corrected chi connectivity index (χ2v) is 6.11. The molecule has 1 N–H and O–H groups in total. The number of nitrogens with zero attached hydrogens (tertiary/aromatic N) is 3. The SMILES string of the molecule is [CH2]CNc1c2ccc(N(C)C)cc2nc2cc(N(C)C)ccc12. The summed E-state index contributed by atoms with van der Waals surface area (Å²) < 4.78 is 0. The van der Waals surface area contributed by atoms with Crippen LogP contribution in [-0.2, 0) is 0 Å². The van der Waals surface area contributed by atoms with Gasteiger partial charge in [-0.2, -0.15) is 0 Å². The fourth-order valence-electron chi connectivity index (χ4n) is 2.79. The van der Waals surface area contributed by atoms with Crippen LogP contribution in [0.3, 0.4) is 0 Å². The topological polar surface area (TPSA) is 31.4 Å². The van der Waals surface area contributed by atoms with Gasteiger partial charge in [0.25, 0.3) is 0 Å². The Morgan fingerprint density at radius 1 is 0.870 bits per heavy atom. The Morgan fingerprint density at radius 3 is 1.74 bits per heavy atom. The van der Waals surface area contributed by atoms with E-state index in [0.717, 1.165) is 38.9 Å². The number of benzene rings is 2. The molecule has 2 aromatic carbocycles. The van der Waals surface area contributed by atoms with Crippen LogP contribution in [0.2, 0.25) is 0 Å². The van der Waals surface area contributed by atoms with Gasteiger partial charge in [-0.1, -0.05) is 0 Å². The van der Waals surface area contributed by atoms with Crippen molar-refractivity contribution in [3.8, 4) is 0 Å². The summed E-state index contributed by atoms with van der Waals surface area (Å²) in [4.78, 5) is 9.08. The number of pyridine rings is 1. The Morgan fingerprint density at radius 2 is 1.35 bits per heavy atom. The molecule has 119 valence electrons. The lowest BCUT2D eigenvalue weighted by atomic mass is 10.1. The van der Waals surface area contributed by atoms with Crippen molar-refractivity contribution in [2.45, 2.75) is 0 Å². The van der Waals surface area contributed by atoms with E-state index in [1.54, 1.807) is 0 Å². The molecule has 23 heavy (non-hydrogen) atoms. The molecule has 4 heteroatoms. The first-order valence-electron chi connectivity index (χ1n) is 7.76. The fraction of sp³-hybridized carbons (Fsp3) is 0.263. The van der Waals surface area contributed by atoms with Crippen molar-refractivity contribution in [2.24, 2.45) is 0 Å². The quantitative estimate of drug-likeness (QED) is 0.744. The van der Waals surface area contributed by atoms with Crippen molar-refractivity contribution in [1.29, 1.82) is 0 Å². The summed E-state index contributed by atoms with van der Waals surface area (Å²) in [5.41, 5.74) is 5.39. The second-order valence-electron chi connectivity index (χ2n) is 6.11. The molecule has 0 aliphatic carbocycles. The monoisotopic (exact) mass is 307 g/mol. The molecule has 3 aromatic rings. The molecule has 4 nitrogen and oxygen atoms in total. The van der Waals surface area contributed by atoms with E-state index in [2.05, 4.69) is 58.4 Å². The molecule has 1 aromatic heterocycles. The van der Waals surface area contributed by atoms with E-state index in [0.29, 0.717) is 6.54 Å². The van der Waals surface area contributed by atoms with Crippen molar-refractivity contribution in [1.82, 2.24) is 4.98 Å². The minimum Gasteiger partial charge on any atom is -0.384 e. The van der Waals surface area contributed by atoms with E-state index in [4.69, 9.17) is 4.98 Å². The van der Waals surface area contributed by atoms with Crippen molar-refractivity contribution in [3.05, 3.63) is 43.3 Å². The average Bonchev–Trinajstić information content (AvgIpc) is 2.53. The zero-order valence-electron chi connectivity index (χ0n) is 14.2.